The second kappa shape index (κ2) is 19.1. The molecule has 10 nitrogen and oxygen atoms in total. The lowest BCUT2D eigenvalue weighted by Crippen LogP contribution is -2.46. The summed E-state index contributed by atoms with van der Waals surface area (Å²) < 4.78 is 42.7. The standard InChI is InChI=1S/C22H33F3N6O.C5H11NO2/c1-27-20(17-7-9-18(10-8-17)22(23,24)25)15-29-28-12-14-31(13-11-26)16-21(32)30-19-5-3-2-4-6-19;1-6(2)5(7)4-8-3/h7-10,15,19,28-29H,1-6,11-14,16,26H2,(H,30,32);4H2,1-3H3/b20-15-;. The fraction of sp³-hybridized carbons (Fsp3) is 0.593. The minimum absolute atomic E-state index is 0.00694. The molecule has 0 atom stereocenters. The Balaban J connectivity index is 0.000000869. The van der Waals surface area contributed by atoms with E-state index in [1.54, 1.807) is 14.1 Å². The summed E-state index contributed by atoms with van der Waals surface area (Å²) in [5, 5.41) is 3.11. The smallest absolute Gasteiger partial charge is 0.375 e. The normalized spacial score (nSPS) is 14.2. The Hall–Kier alpha value is -3.00. The van der Waals surface area contributed by atoms with Gasteiger partial charge < -0.3 is 26.1 Å². The number of likely N-dealkylation sites (N-methyl/N-ethyl adjacent to an activating group) is 1. The lowest BCUT2D eigenvalue weighted by atomic mass is 9.95. The number of hydrazine groups is 1. The zero-order chi connectivity index (χ0) is 30.0. The minimum Gasteiger partial charge on any atom is -0.375 e. The van der Waals surface area contributed by atoms with Gasteiger partial charge in [0.25, 0.3) is 0 Å². The second-order valence-corrected chi connectivity index (χ2v) is 9.52. The fourth-order valence-electron chi connectivity index (χ4n) is 3.88. The van der Waals surface area contributed by atoms with Crippen molar-refractivity contribution in [1.82, 2.24) is 26.0 Å². The number of hydrogen-bond donors (Lipinski definition) is 4. The van der Waals surface area contributed by atoms with E-state index >= 15 is 0 Å². The molecule has 0 heterocycles. The van der Waals surface area contributed by atoms with Gasteiger partial charge in [-0.05, 0) is 31.7 Å². The molecular weight excluding hydrogens is 527 g/mol. The number of alkyl halides is 3. The van der Waals surface area contributed by atoms with Gasteiger partial charge in [0.15, 0.2) is 0 Å². The Morgan fingerprint density at radius 3 is 2.30 bits per heavy atom. The molecule has 13 heteroatoms. The van der Waals surface area contributed by atoms with Crippen LogP contribution in [0.25, 0.3) is 5.70 Å². The maximum atomic E-state index is 12.7. The van der Waals surface area contributed by atoms with Gasteiger partial charge in [-0.15, -0.1) is 0 Å². The zero-order valence-electron chi connectivity index (χ0n) is 23.7. The summed E-state index contributed by atoms with van der Waals surface area (Å²) in [6.07, 6.45) is 2.78. The Morgan fingerprint density at radius 1 is 1.15 bits per heavy atom. The Morgan fingerprint density at radius 2 is 1.80 bits per heavy atom. The molecule has 1 aliphatic carbocycles. The summed E-state index contributed by atoms with van der Waals surface area (Å²) >= 11 is 0. The van der Waals surface area contributed by atoms with E-state index in [0.717, 1.165) is 37.8 Å². The molecule has 0 spiro atoms. The molecule has 0 radical (unpaired) electrons. The fourth-order valence-corrected chi connectivity index (χ4v) is 3.88. The van der Waals surface area contributed by atoms with E-state index in [0.29, 0.717) is 37.4 Å². The number of nitrogens with one attached hydrogen (secondary N) is 3. The maximum Gasteiger partial charge on any atom is 0.416 e. The summed E-state index contributed by atoms with van der Waals surface area (Å²) in [6, 6.07) is 4.98. The predicted octanol–water partition coefficient (Wildman–Crippen LogP) is 2.23. The number of carbonyl (C=O) groups is 2. The highest BCUT2D eigenvalue weighted by atomic mass is 19.4. The molecule has 0 unspecified atom stereocenters. The summed E-state index contributed by atoms with van der Waals surface area (Å²) in [4.78, 5) is 30.2. The monoisotopic (exact) mass is 571 g/mol. The number of amides is 2. The number of halogens is 3. The SMILES string of the molecule is C=N/C(=C\NNCCN(CCN)CC(=O)NC1CCCCC1)c1ccc(C(F)(F)F)cc1.COCC(=O)N(C)C. The number of aliphatic imine (C=N–C) groups is 1. The van der Waals surface area contributed by atoms with Gasteiger partial charge in [0.2, 0.25) is 11.8 Å². The van der Waals surface area contributed by atoms with Crippen LogP contribution in [0.3, 0.4) is 0 Å². The third kappa shape index (κ3) is 14.4. The molecule has 0 saturated heterocycles. The molecule has 0 bridgehead atoms. The van der Waals surface area contributed by atoms with E-state index in [4.69, 9.17) is 5.73 Å². The van der Waals surface area contributed by atoms with Crippen LogP contribution in [0.2, 0.25) is 0 Å². The lowest BCUT2D eigenvalue weighted by molar-refractivity contribution is -0.137. The van der Waals surface area contributed by atoms with Crippen molar-refractivity contribution in [2.45, 2.75) is 44.3 Å². The Kier molecular flexibility index (Phi) is 16.8. The van der Waals surface area contributed by atoms with E-state index in [1.165, 1.54) is 36.8 Å². The van der Waals surface area contributed by atoms with Crippen LogP contribution in [-0.4, -0.2) is 94.9 Å². The van der Waals surface area contributed by atoms with Crippen LogP contribution in [0.1, 0.15) is 43.2 Å². The van der Waals surface area contributed by atoms with Gasteiger partial charge in [-0.25, -0.2) is 5.43 Å². The summed E-state index contributed by atoms with van der Waals surface area (Å²) in [5.41, 5.74) is 11.7. The van der Waals surface area contributed by atoms with Crippen molar-refractivity contribution in [3.05, 3.63) is 41.6 Å². The maximum absolute atomic E-state index is 12.7. The van der Waals surface area contributed by atoms with Crippen LogP contribution < -0.4 is 21.9 Å². The van der Waals surface area contributed by atoms with Gasteiger partial charge in [-0.3, -0.25) is 19.5 Å². The van der Waals surface area contributed by atoms with Crippen molar-refractivity contribution in [2.24, 2.45) is 10.7 Å². The van der Waals surface area contributed by atoms with Gasteiger partial charge >= 0.3 is 6.18 Å². The van der Waals surface area contributed by atoms with Gasteiger partial charge in [-0.1, -0.05) is 31.4 Å². The van der Waals surface area contributed by atoms with Crippen LogP contribution in [0, 0.1) is 0 Å². The molecule has 0 aliphatic heterocycles. The number of methoxy groups -OCH3 is 1. The first-order valence-electron chi connectivity index (χ1n) is 13.3. The van der Waals surface area contributed by atoms with Crippen molar-refractivity contribution in [2.75, 3.05) is 60.5 Å². The second-order valence-electron chi connectivity index (χ2n) is 9.52. The number of ether oxygens (including phenoxy) is 1. The molecule has 1 aromatic rings. The van der Waals surface area contributed by atoms with E-state index in [-0.39, 0.29) is 31.0 Å². The van der Waals surface area contributed by atoms with Gasteiger partial charge in [0, 0.05) is 65.2 Å². The summed E-state index contributed by atoms with van der Waals surface area (Å²) in [5.74, 6) is 0.00570. The molecule has 1 aliphatic rings. The van der Waals surface area contributed by atoms with Gasteiger partial charge in [0.05, 0.1) is 17.8 Å². The first-order chi connectivity index (χ1) is 19.0. The predicted molar refractivity (Wildman–Crippen MR) is 151 cm³/mol. The molecule has 5 N–H and O–H groups in total. The highest BCUT2D eigenvalue weighted by Crippen LogP contribution is 2.30. The molecule has 1 saturated carbocycles. The number of nitrogens with two attached hydrogens (primary N) is 1. The largest absolute Gasteiger partial charge is 0.416 e. The van der Waals surface area contributed by atoms with E-state index < -0.39 is 11.7 Å². The van der Waals surface area contributed by atoms with Gasteiger partial charge in [0.1, 0.15) is 6.61 Å². The van der Waals surface area contributed by atoms with Crippen LogP contribution in [0.15, 0.2) is 35.5 Å². The number of benzene rings is 1. The minimum atomic E-state index is -4.38. The van der Waals surface area contributed by atoms with E-state index in [2.05, 4.69) is 32.6 Å². The van der Waals surface area contributed by atoms with Crippen LogP contribution in [-0.2, 0) is 20.5 Å². The molecule has 226 valence electrons. The van der Waals surface area contributed by atoms with Crippen molar-refractivity contribution < 1.29 is 27.5 Å². The molecule has 1 aromatic carbocycles. The van der Waals surface area contributed by atoms with Crippen molar-refractivity contribution in [3.63, 3.8) is 0 Å². The number of carbonyl (C=O) groups excluding carboxylic acids is 2. The van der Waals surface area contributed by atoms with Crippen LogP contribution in [0.4, 0.5) is 13.2 Å². The molecule has 0 aromatic heterocycles. The van der Waals surface area contributed by atoms with Crippen molar-refractivity contribution >= 4 is 24.2 Å². The highest BCUT2D eigenvalue weighted by Gasteiger charge is 2.30. The lowest BCUT2D eigenvalue weighted by Gasteiger charge is -2.26. The zero-order valence-corrected chi connectivity index (χ0v) is 23.7. The molecule has 2 rings (SSSR count). The number of hydrogen-bond acceptors (Lipinski definition) is 8. The summed E-state index contributed by atoms with van der Waals surface area (Å²) in [6.45, 7) is 6.08. The highest BCUT2D eigenvalue weighted by molar-refractivity contribution is 5.78. The Bertz CT molecular complexity index is 919. The Labute approximate surface area is 235 Å². The van der Waals surface area contributed by atoms with E-state index in [9.17, 15) is 22.8 Å². The van der Waals surface area contributed by atoms with Gasteiger partial charge in [-0.2, -0.15) is 13.2 Å². The van der Waals surface area contributed by atoms with Crippen molar-refractivity contribution in [1.29, 1.82) is 0 Å². The molecule has 40 heavy (non-hydrogen) atoms. The molecule has 2 amide bonds. The first kappa shape index (κ1) is 35.0. The molecule has 1 fully saturated rings. The van der Waals surface area contributed by atoms with E-state index in [1.807, 2.05) is 4.90 Å². The van der Waals surface area contributed by atoms with Crippen LogP contribution in [0.5, 0.6) is 0 Å². The first-order valence-corrected chi connectivity index (χ1v) is 13.3. The number of nitrogens with zero attached hydrogens (tertiary/aromatic N) is 3. The molecular formula is C27H44F3N7O3. The average molecular weight is 572 g/mol. The third-order valence-corrected chi connectivity index (χ3v) is 6.09. The van der Waals surface area contributed by atoms with Crippen LogP contribution >= 0.6 is 0 Å². The van der Waals surface area contributed by atoms with Crippen molar-refractivity contribution in [3.8, 4) is 0 Å². The summed E-state index contributed by atoms with van der Waals surface area (Å²) in [7, 11) is 4.89. The quantitative estimate of drug-likeness (QED) is 0.153. The average Bonchev–Trinajstić information content (AvgIpc) is 2.91. The number of rotatable bonds is 14. The third-order valence-electron chi connectivity index (χ3n) is 6.09. The topological polar surface area (TPSA) is 124 Å².